The summed E-state index contributed by atoms with van der Waals surface area (Å²) < 4.78 is 12.5. The van der Waals surface area contributed by atoms with E-state index in [1.54, 1.807) is 30.5 Å². The average Bonchev–Trinajstić information content (AvgIpc) is 2.74. The maximum atomic E-state index is 11.6. The Morgan fingerprint density at radius 2 is 1.84 bits per heavy atom. The lowest BCUT2D eigenvalue weighted by Gasteiger charge is -2.15. The highest BCUT2D eigenvalue weighted by molar-refractivity contribution is 14.1. The third-order valence-electron chi connectivity index (χ3n) is 4.53. The number of H-pyrrole nitrogens is 1. The molecule has 3 rings (SSSR count). The van der Waals surface area contributed by atoms with Crippen molar-refractivity contribution in [2.75, 3.05) is 7.11 Å². The Morgan fingerprint density at radius 3 is 2.45 bits per heavy atom. The van der Waals surface area contributed by atoms with Crippen molar-refractivity contribution in [3.05, 3.63) is 82.8 Å². The molecule has 2 aromatic carbocycles. The van der Waals surface area contributed by atoms with Gasteiger partial charge in [0.15, 0.2) is 5.75 Å². The van der Waals surface area contributed by atoms with Crippen LogP contribution >= 0.6 is 45.2 Å². The second-order valence-corrected chi connectivity index (χ2v) is 9.18. The highest BCUT2D eigenvalue weighted by Gasteiger charge is 2.17. The predicted molar refractivity (Wildman–Crippen MR) is 134 cm³/mol. The van der Waals surface area contributed by atoms with Gasteiger partial charge in [0.25, 0.3) is 0 Å². The first-order valence-corrected chi connectivity index (χ1v) is 11.4. The van der Waals surface area contributed by atoms with E-state index in [4.69, 9.17) is 10.5 Å². The van der Waals surface area contributed by atoms with Gasteiger partial charge in [0, 0.05) is 24.2 Å². The third-order valence-corrected chi connectivity index (χ3v) is 6.13. The van der Waals surface area contributed by atoms with Crippen LogP contribution in [0.4, 0.5) is 0 Å². The van der Waals surface area contributed by atoms with E-state index in [-0.39, 0.29) is 11.3 Å². The number of phenols is 1. The maximum absolute atomic E-state index is 11.6. The Labute approximate surface area is 206 Å². The monoisotopic (exact) mass is 646 g/mol. The SMILES string of the molecule is COC(=O)[C@@H](N)Cc1cc(I)c(Oc2ccc(O)c(Cc3ccc(=O)[nH]c3)c2)c(I)c1. The Morgan fingerprint density at radius 1 is 1.13 bits per heavy atom. The molecule has 1 atom stereocenters. The summed E-state index contributed by atoms with van der Waals surface area (Å²) in [6.45, 7) is 0. The molecule has 0 aliphatic rings. The average molecular weight is 646 g/mol. The van der Waals surface area contributed by atoms with Gasteiger partial charge in [-0.1, -0.05) is 6.07 Å². The summed E-state index contributed by atoms with van der Waals surface area (Å²) in [6, 6.07) is 11.3. The van der Waals surface area contributed by atoms with Crippen LogP contribution in [-0.4, -0.2) is 29.2 Å². The number of ether oxygens (including phenoxy) is 2. The van der Waals surface area contributed by atoms with Crippen molar-refractivity contribution in [2.24, 2.45) is 5.73 Å². The van der Waals surface area contributed by atoms with E-state index < -0.39 is 12.0 Å². The molecule has 0 radical (unpaired) electrons. The first-order valence-electron chi connectivity index (χ1n) is 9.25. The molecule has 0 spiro atoms. The highest BCUT2D eigenvalue weighted by Crippen LogP contribution is 2.35. The number of phenolic OH excluding ortho intramolecular Hbond substituents is 1. The van der Waals surface area contributed by atoms with Crippen molar-refractivity contribution in [1.29, 1.82) is 0 Å². The van der Waals surface area contributed by atoms with Crippen LogP contribution in [0.1, 0.15) is 16.7 Å². The molecule has 0 saturated carbocycles. The molecule has 0 amide bonds. The van der Waals surface area contributed by atoms with Gasteiger partial charge in [0.2, 0.25) is 5.56 Å². The number of aromatic hydroxyl groups is 1. The summed E-state index contributed by atoms with van der Waals surface area (Å²) in [6.07, 6.45) is 2.43. The van der Waals surface area contributed by atoms with E-state index in [2.05, 4.69) is 54.9 Å². The lowest BCUT2D eigenvalue weighted by atomic mass is 10.1. The number of halogens is 2. The number of esters is 1. The largest absolute Gasteiger partial charge is 0.508 e. The molecule has 1 heterocycles. The number of methoxy groups -OCH3 is 1. The Kier molecular flexibility index (Phi) is 7.94. The van der Waals surface area contributed by atoms with Crippen molar-refractivity contribution in [3.8, 4) is 17.2 Å². The van der Waals surface area contributed by atoms with Crippen molar-refractivity contribution in [1.82, 2.24) is 4.98 Å². The Balaban J connectivity index is 1.81. The first-order chi connectivity index (χ1) is 14.8. The number of carbonyl (C=O) groups is 1. The molecule has 0 bridgehead atoms. The van der Waals surface area contributed by atoms with Crippen LogP contribution in [0.15, 0.2) is 53.5 Å². The van der Waals surface area contributed by atoms with Gasteiger partial charge in [-0.3, -0.25) is 9.59 Å². The lowest BCUT2D eigenvalue weighted by Crippen LogP contribution is -2.33. The van der Waals surface area contributed by atoms with Crippen molar-refractivity contribution < 1.29 is 19.4 Å². The molecule has 3 aromatic rings. The molecule has 0 aliphatic heterocycles. The third kappa shape index (κ3) is 6.20. The normalized spacial score (nSPS) is 11.7. The minimum absolute atomic E-state index is 0.148. The van der Waals surface area contributed by atoms with E-state index in [0.29, 0.717) is 29.9 Å². The minimum Gasteiger partial charge on any atom is -0.508 e. The van der Waals surface area contributed by atoms with E-state index in [9.17, 15) is 14.7 Å². The molecule has 0 fully saturated rings. The fourth-order valence-corrected chi connectivity index (χ4v) is 5.09. The number of nitrogens with one attached hydrogen (secondary N) is 1. The summed E-state index contributed by atoms with van der Waals surface area (Å²) in [5.74, 6) is 0.948. The number of carbonyl (C=O) groups excluding carboxylic acids is 1. The fourth-order valence-electron chi connectivity index (χ4n) is 2.97. The number of benzene rings is 2. The Bertz CT molecular complexity index is 1120. The zero-order valence-electron chi connectivity index (χ0n) is 16.5. The summed E-state index contributed by atoms with van der Waals surface area (Å²) in [7, 11) is 1.32. The summed E-state index contributed by atoms with van der Waals surface area (Å²) in [5.41, 5.74) is 8.14. The van der Waals surface area contributed by atoms with Crippen molar-refractivity contribution >= 4 is 51.2 Å². The zero-order chi connectivity index (χ0) is 22.5. The van der Waals surface area contributed by atoms with Crippen LogP contribution in [0.3, 0.4) is 0 Å². The summed E-state index contributed by atoms with van der Waals surface area (Å²) in [4.78, 5) is 25.5. The Hall–Kier alpha value is -2.12. The van der Waals surface area contributed by atoms with Crippen LogP contribution in [-0.2, 0) is 22.4 Å². The molecular formula is C22H20I2N2O5. The van der Waals surface area contributed by atoms with Gasteiger partial charge in [-0.05, 0) is 93.1 Å². The number of rotatable bonds is 7. The molecule has 0 saturated heterocycles. The lowest BCUT2D eigenvalue weighted by molar-refractivity contribution is -0.142. The van der Waals surface area contributed by atoms with E-state index in [0.717, 1.165) is 18.3 Å². The molecule has 7 nitrogen and oxygen atoms in total. The number of nitrogens with two attached hydrogens (primary N) is 1. The van der Waals surface area contributed by atoms with Gasteiger partial charge < -0.3 is 25.3 Å². The van der Waals surface area contributed by atoms with Gasteiger partial charge in [-0.25, -0.2) is 0 Å². The van der Waals surface area contributed by atoms with Crippen molar-refractivity contribution in [2.45, 2.75) is 18.9 Å². The quantitative estimate of drug-likeness (QED) is 0.267. The number of aromatic nitrogens is 1. The van der Waals surface area contributed by atoms with E-state index in [1.165, 1.54) is 13.2 Å². The number of aromatic amines is 1. The first kappa shape index (κ1) is 23.5. The van der Waals surface area contributed by atoms with Gasteiger partial charge in [-0.2, -0.15) is 0 Å². The van der Waals surface area contributed by atoms with Crippen LogP contribution in [0.5, 0.6) is 17.2 Å². The van der Waals surface area contributed by atoms with Gasteiger partial charge in [-0.15, -0.1) is 0 Å². The van der Waals surface area contributed by atoms with Crippen molar-refractivity contribution in [3.63, 3.8) is 0 Å². The number of pyridine rings is 1. The number of hydrogen-bond donors (Lipinski definition) is 3. The van der Waals surface area contributed by atoms with Gasteiger partial charge in [0.1, 0.15) is 17.5 Å². The molecule has 9 heteroatoms. The smallest absolute Gasteiger partial charge is 0.322 e. The molecule has 0 unspecified atom stereocenters. The van der Waals surface area contributed by atoms with E-state index in [1.807, 2.05) is 12.1 Å². The van der Waals surface area contributed by atoms with E-state index >= 15 is 0 Å². The molecule has 0 aliphatic carbocycles. The second kappa shape index (κ2) is 10.5. The molecule has 31 heavy (non-hydrogen) atoms. The molecule has 162 valence electrons. The highest BCUT2D eigenvalue weighted by atomic mass is 127. The number of hydrogen-bond acceptors (Lipinski definition) is 6. The summed E-state index contributed by atoms with van der Waals surface area (Å²) >= 11 is 4.36. The predicted octanol–water partition coefficient (Wildman–Crippen LogP) is 3.72. The van der Waals surface area contributed by atoms with Crippen LogP contribution in [0.25, 0.3) is 0 Å². The van der Waals surface area contributed by atoms with Crippen LogP contribution in [0.2, 0.25) is 0 Å². The van der Waals surface area contributed by atoms with Crippen LogP contribution in [0, 0.1) is 7.14 Å². The van der Waals surface area contributed by atoms with Gasteiger partial charge in [0.05, 0.1) is 14.3 Å². The zero-order valence-corrected chi connectivity index (χ0v) is 20.8. The maximum Gasteiger partial charge on any atom is 0.322 e. The molecule has 4 N–H and O–H groups in total. The molecule has 1 aromatic heterocycles. The van der Waals surface area contributed by atoms with Gasteiger partial charge >= 0.3 is 5.97 Å². The molecular weight excluding hydrogens is 626 g/mol. The second-order valence-electron chi connectivity index (χ2n) is 6.85. The van der Waals surface area contributed by atoms with Crippen LogP contribution < -0.4 is 16.0 Å². The summed E-state index contributed by atoms with van der Waals surface area (Å²) in [5, 5.41) is 10.2. The minimum atomic E-state index is -0.726. The standard InChI is InChI=1S/C22H20I2N2O5/c1-30-22(29)18(25)9-13-7-16(23)21(17(24)8-13)31-15-3-4-19(27)14(10-15)6-12-2-5-20(28)26-11-12/h2-5,7-8,10-11,18,27H,6,9,25H2,1H3,(H,26,28)/t18-/m0/s1. The fraction of sp³-hybridized carbons (Fsp3) is 0.182. The topological polar surface area (TPSA) is 115 Å².